The number of hydrogen-bond acceptors (Lipinski definition) is 8. The van der Waals surface area contributed by atoms with Crippen LogP contribution in [0.2, 0.25) is 0 Å². The van der Waals surface area contributed by atoms with Crippen molar-refractivity contribution in [2.45, 2.75) is 0 Å². The van der Waals surface area contributed by atoms with Gasteiger partial charge in [0.1, 0.15) is 22.7 Å². The van der Waals surface area contributed by atoms with Crippen LogP contribution in [-0.2, 0) is 10.0 Å². The normalized spacial score (nSPS) is 11.8. The monoisotopic (exact) mass is 654 g/mol. The van der Waals surface area contributed by atoms with E-state index in [9.17, 15) is 22.0 Å². The Morgan fingerprint density at radius 3 is 2.34 bits per heavy atom. The van der Waals surface area contributed by atoms with E-state index in [0.717, 1.165) is 10.6 Å². The molecule has 10 nitrogen and oxygen atoms in total. The molecule has 236 valence electrons. The maximum Gasteiger partial charge on any atom is 0.255 e. The SMILES string of the molecule is CNC(=O)c1c(-c2ccc(F)cc2)oc2cc(N(C)S(C)(=O)=O)c(-c3ccc(-c4cnco4)c(-c4nc5c(F)cccc5o4)c3)cc12. The maximum absolute atomic E-state index is 14.6. The van der Waals surface area contributed by atoms with Crippen molar-refractivity contribution in [3.05, 3.63) is 103 Å². The van der Waals surface area contributed by atoms with E-state index in [4.69, 9.17) is 13.3 Å². The van der Waals surface area contributed by atoms with Gasteiger partial charge in [-0.2, -0.15) is 0 Å². The number of nitrogens with zero attached hydrogens (tertiary/aromatic N) is 3. The first-order valence-electron chi connectivity index (χ1n) is 14.1. The predicted molar refractivity (Wildman–Crippen MR) is 172 cm³/mol. The molecule has 0 radical (unpaired) electrons. The average molecular weight is 655 g/mol. The van der Waals surface area contributed by atoms with Crippen molar-refractivity contribution < 1.29 is 35.2 Å². The fourth-order valence-corrected chi connectivity index (χ4v) is 5.95. The van der Waals surface area contributed by atoms with Crippen LogP contribution < -0.4 is 9.62 Å². The molecular weight excluding hydrogens is 630 g/mol. The second-order valence-electron chi connectivity index (χ2n) is 10.7. The predicted octanol–water partition coefficient (Wildman–Crippen LogP) is 7.26. The zero-order chi connectivity index (χ0) is 33.0. The first kappa shape index (κ1) is 29.9. The average Bonchev–Trinajstić information content (AvgIpc) is 3.82. The highest BCUT2D eigenvalue weighted by Gasteiger charge is 2.27. The molecule has 13 heteroatoms. The van der Waals surface area contributed by atoms with E-state index in [2.05, 4.69) is 15.3 Å². The molecule has 0 aliphatic heterocycles. The summed E-state index contributed by atoms with van der Waals surface area (Å²) in [5.41, 5.74) is 3.22. The van der Waals surface area contributed by atoms with Crippen molar-refractivity contribution >= 4 is 43.7 Å². The molecule has 0 fully saturated rings. The Hall–Kier alpha value is -5.82. The van der Waals surface area contributed by atoms with E-state index >= 15 is 0 Å². The lowest BCUT2D eigenvalue weighted by molar-refractivity contribution is 0.0964. The van der Waals surface area contributed by atoms with Gasteiger partial charge in [-0.05, 0) is 60.2 Å². The Bertz CT molecular complexity index is 2440. The van der Waals surface area contributed by atoms with E-state index in [1.807, 2.05) is 0 Å². The zero-order valence-electron chi connectivity index (χ0n) is 25.0. The Morgan fingerprint density at radius 2 is 1.66 bits per heavy atom. The van der Waals surface area contributed by atoms with Crippen LogP contribution in [0, 0.1) is 11.6 Å². The lowest BCUT2D eigenvalue weighted by atomic mass is 9.95. The van der Waals surface area contributed by atoms with Gasteiger partial charge in [0.25, 0.3) is 5.91 Å². The molecule has 47 heavy (non-hydrogen) atoms. The maximum atomic E-state index is 14.6. The summed E-state index contributed by atoms with van der Waals surface area (Å²) in [5, 5.41) is 3.01. The topological polar surface area (TPSA) is 132 Å². The quantitative estimate of drug-likeness (QED) is 0.190. The molecule has 0 atom stereocenters. The molecule has 0 aliphatic carbocycles. The number of para-hydroxylation sites is 1. The Kier molecular flexibility index (Phi) is 7.12. The van der Waals surface area contributed by atoms with Crippen molar-refractivity contribution in [1.82, 2.24) is 15.3 Å². The minimum Gasteiger partial charge on any atom is -0.455 e. The number of aromatic nitrogens is 2. The summed E-state index contributed by atoms with van der Waals surface area (Å²) in [6.45, 7) is 0. The highest BCUT2D eigenvalue weighted by Crippen LogP contribution is 2.44. The molecule has 4 aromatic carbocycles. The van der Waals surface area contributed by atoms with Gasteiger partial charge >= 0.3 is 0 Å². The molecule has 3 aromatic heterocycles. The second-order valence-corrected chi connectivity index (χ2v) is 12.7. The van der Waals surface area contributed by atoms with Gasteiger partial charge in [-0.1, -0.05) is 12.1 Å². The number of amides is 1. The fourth-order valence-electron chi connectivity index (χ4n) is 5.44. The standard InChI is InChI=1S/C34H24F2N4O6S/c1-37-33(41)30-24-14-22(26(40(2)47(3,42)43)15-28(24)45-32(30)18-7-10-20(35)11-8-18)19-9-12-21(29-16-38-17-44-29)23(13-19)34-39-31-25(36)5-4-6-27(31)46-34/h4-17H,1-3H3,(H,37,41). The van der Waals surface area contributed by atoms with Crippen molar-refractivity contribution in [3.63, 3.8) is 0 Å². The summed E-state index contributed by atoms with van der Waals surface area (Å²) in [4.78, 5) is 21.7. The number of benzene rings is 4. The molecule has 0 bridgehead atoms. The number of halogens is 2. The van der Waals surface area contributed by atoms with E-state index in [-0.39, 0.29) is 39.6 Å². The van der Waals surface area contributed by atoms with Crippen LogP contribution in [0.3, 0.4) is 0 Å². The Labute approximate surface area is 266 Å². The molecule has 0 saturated heterocycles. The molecule has 1 N–H and O–H groups in total. The number of oxazole rings is 2. The first-order chi connectivity index (χ1) is 22.5. The van der Waals surface area contributed by atoms with Crippen molar-refractivity contribution in [2.24, 2.45) is 0 Å². The number of carbonyl (C=O) groups is 1. The van der Waals surface area contributed by atoms with Crippen molar-refractivity contribution in [2.75, 3.05) is 24.7 Å². The number of anilines is 1. The van der Waals surface area contributed by atoms with E-state index in [0.29, 0.717) is 39.0 Å². The van der Waals surface area contributed by atoms with Crippen LogP contribution >= 0.6 is 0 Å². The van der Waals surface area contributed by atoms with Gasteiger partial charge in [0.2, 0.25) is 15.9 Å². The second kappa shape index (κ2) is 11.2. The van der Waals surface area contributed by atoms with Crippen LogP contribution in [0.5, 0.6) is 0 Å². The van der Waals surface area contributed by atoms with Gasteiger partial charge in [0.15, 0.2) is 23.6 Å². The molecule has 0 spiro atoms. The lowest BCUT2D eigenvalue weighted by Gasteiger charge is -2.21. The summed E-state index contributed by atoms with van der Waals surface area (Å²) in [7, 11) is -0.917. The number of hydrogen-bond donors (Lipinski definition) is 1. The van der Waals surface area contributed by atoms with Gasteiger partial charge in [-0.25, -0.2) is 27.2 Å². The largest absolute Gasteiger partial charge is 0.455 e. The highest BCUT2D eigenvalue weighted by atomic mass is 32.2. The van der Waals surface area contributed by atoms with Gasteiger partial charge < -0.3 is 18.6 Å². The van der Waals surface area contributed by atoms with E-state index in [1.54, 1.807) is 30.3 Å². The van der Waals surface area contributed by atoms with Crippen molar-refractivity contribution in [3.8, 4) is 45.2 Å². The smallest absolute Gasteiger partial charge is 0.255 e. The number of nitrogens with one attached hydrogen (secondary N) is 1. The molecule has 0 aliphatic rings. The molecule has 0 unspecified atom stereocenters. The Balaban J connectivity index is 1.52. The lowest BCUT2D eigenvalue weighted by Crippen LogP contribution is -2.25. The fraction of sp³-hybridized carbons (Fsp3) is 0.0882. The van der Waals surface area contributed by atoms with Gasteiger partial charge in [0, 0.05) is 47.8 Å². The number of carbonyl (C=O) groups excluding carboxylic acids is 1. The third-order valence-electron chi connectivity index (χ3n) is 7.83. The Morgan fingerprint density at radius 1 is 0.894 bits per heavy atom. The number of sulfonamides is 1. The third kappa shape index (κ3) is 5.20. The van der Waals surface area contributed by atoms with Gasteiger partial charge in [-0.3, -0.25) is 9.10 Å². The van der Waals surface area contributed by atoms with Gasteiger partial charge in [0.05, 0.1) is 23.7 Å². The minimum absolute atomic E-state index is 0.0391. The van der Waals surface area contributed by atoms with Gasteiger partial charge in [-0.15, -0.1) is 0 Å². The van der Waals surface area contributed by atoms with Crippen LogP contribution in [0.4, 0.5) is 14.5 Å². The summed E-state index contributed by atoms with van der Waals surface area (Å²) >= 11 is 0. The molecule has 7 aromatic rings. The highest BCUT2D eigenvalue weighted by molar-refractivity contribution is 7.92. The third-order valence-corrected chi connectivity index (χ3v) is 9.02. The molecule has 3 heterocycles. The summed E-state index contributed by atoms with van der Waals surface area (Å²) < 4.78 is 73.0. The van der Waals surface area contributed by atoms with Crippen LogP contribution in [0.1, 0.15) is 10.4 Å². The minimum atomic E-state index is -3.79. The molecule has 7 rings (SSSR count). The van der Waals surface area contributed by atoms with E-state index < -0.39 is 27.6 Å². The van der Waals surface area contributed by atoms with Crippen LogP contribution in [-0.4, -0.2) is 44.6 Å². The number of furan rings is 1. The number of fused-ring (bicyclic) bond motifs is 2. The summed E-state index contributed by atoms with van der Waals surface area (Å²) in [6, 6.07) is 18.2. The van der Waals surface area contributed by atoms with Crippen molar-refractivity contribution in [1.29, 1.82) is 0 Å². The summed E-state index contributed by atoms with van der Waals surface area (Å²) in [6.07, 6.45) is 3.84. The first-order valence-corrected chi connectivity index (χ1v) is 16.0. The molecular formula is C34H24F2N4O6S. The van der Waals surface area contributed by atoms with Crippen LogP contribution in [0.15, 0.2) is 98.6 Å². The van der Waals surface area contributed by atoms with Crippen LogP contribution in [0.25, 0.3) is 67.3 Å². The number of rotatable bonds is 7. The summed E-state index contributed by atoms with van der Waals surface area (Å²) in [5.74, 6) is -0.829. The molecule has 1 amide bonds. The van der Waals surface area contributed by atoms with E-state index in [1.165, 1.54) is 69.2 Å². The zero-order valence-corrected chi connectivity index (χ0v) is 25.9. The molecule has 0 saturated carbocycles.